The number of nitrogens with one attached hydrogen (secondary N) is 1. The molecule has 0 saturated carbocycles. The lowest BCUT2D eigenvalue weighted by Crippen LogP contribution is -2.18. The zero-order chi connectivity index (χ0) is 15.2. The van der Waals surface area contributed by atoms with Gasteiger partial charge in [0.2, 0.25) is 5.13 Å². The Kier molecular flexibility index (Phi) is 4.84. The van der Waals surface area contributed by atoms with Gasteiger partial charge < -0.3 is 19.9 Å². The maximum atomic E-state index is 5.64. The fourth-order valence-electron chi connectivity index (χ4n) is 1.85. The number of nitrogen functional groups attached to an aromatic ring is 1. The maximum absolute atomic E-state index is 5.64. The number of nitrogens with two attached hydrogens (primary N) is 1. The van der Waals surface area contributed by atoms with E-state index in [2.05, 4.69) is 15.5 Å². The van der Waals surface area contributed by atoms with Gasteiger partial charge in [-0.25, -0.2) is 4.98 Å². The van der Waals surface area contributed by atoms with E-state index in [1.165, 1.54) is 11.3 Å². The molecule has 8 heteroatoms. The van der Waals surface area contributed by atoms with Crippen molar-refractivity contribution in [3.63, 3.8) is 0 Å². The summed E-state index contributed by atoms with van der Waals surface area (Å²) in [6, 6.07) is 7.59. The summed E-state index contributed by atoms with van der Waals surface area (Å²) in [5, 5.41) is 6.52. The summed E-state index contributed by atoms with van der Waals surface area (Å²) in [6.45, 7) is 1.61. The van der Waals surface area contributed by atoms with Crippen molar-refractivity contribution < 1.29 is 14.2 Å². The number of hydrogen-bond donors (Lipinski definition) is 2. The van der Waals surface area contributed by atoms with Crippen LogP contribution in [-0.2, 0) is 9.47 Å². The molecular weight excluding hydrogens is 304 g/mol. The molecule has 1 aliphatic rings. The molecule has 1 aromatic carbocycles. The summed E-state index contributed by atoms with van der Waals surface area (Å²) in [5.41, 5.74) is 9.27. The van der Waals surface area contributed by atoms with Crippen molar-refractivity contribution in [3.05, 3.63) is 35.2 Å². The standard InChI is InChI=1S/C14H16N4O3S/c15-12-9-22-14(17-12)18-16-7-10-2-1-3-11(6-10)21-8-13-19-4-5-20-13/h1-3,6-7,9,13H,4-5,8,15H2,(H,17,18). The number of aromatic nitrogens is 1. The molecule has 0 spiro atoms. The van der Waals surface area contributed by atoms with E-state index in [0.29, 0.717) is 30.8 Å². The second-order valence-electron chi connectivity index (χ2n) is 4.50. The van der Waals surface area contributed by atoms with Crippen molar-refractivity contribution in [2.75, 3.05) is 31.0 Å². The Hall–Kier alpha value is -2.16. The molecule has 3 N–H and O–H groups in total. The number of ether oxygens (including phenoxy) is 3. The minimum absolute atomic E-state index is 0.283. The smallest absolute Gasteiger partial charge is 0.205 e. The van der Waals surface area contributed by atoms with Crippen molar-refractivity contribution >= 4 is 28.5 Å². The van der Waals surface area contributed by atoms with Gasteiger partial charge in [-0.15, -0.1) is 11.3 Å². The van der Waals surface area contributed by atoms with Gasteiger partial charge in [-0.3, -0.25) is 5.43 Å². The van der Waals surface area contributed by atoms with Crippen LogP contribution in [-0.4, -0.2) is 37.3 Å². The molecule has 3 rings (SSSR count). The molecule has 0 aliphatic carbocycles. The summed E-state index contributed by atoms with van der Waals surface area (Å²) < 4.78 is 16.3. The quantitative estimate of drug-likeness (QED) is 0.624. The van der Waals surface area contributed by atoms with E-state index in [4.69, 9.17) is 19.9 Å². The second kappa shape index (κ2) is 7.21. The van der Waals surface area contributed by atoms with E-state index < -0.39 is 0 Å². The SMILES string of the molecule is Nc1csc(NN=Cc2cccc(OCC3OCCO3)c2)n1. The highest BCUT2D eigenvalue weighted by Gasteiger charge is 2.16. The number of anilines is 2. The first-order valence-corrected chi connectivity index (χ1v) is 7.64. The largest absolute Gasteiger partial charge is 0.488 e. The van der Waals surface area contributed by atoms with Gasteiger partial charge in [0.1, 0.15) is 18.2 Å². The first kappa shape index (κ1) is 14.8. The highest BCUT2D eigenvalue weighted by molar-refractivity contribution is 7.14. The van der Waals surface area contributed by atoms with Crippen LogP contribution < -0.4 is 15.9 Å². The lowest BCUT2D eigenvalue weighted by atomic mass is 10.2. The van der Waals surface area contributed by atoms with Crippen molar-refractivity contribution in [3.8, 4) is 5.75 Å². The van der Waals surface area contributed by atoms with Crippen LogP contribution in [0.2, 0.25) is 0 Å². The molecule has 0 radical (unpaired) electrons. The average molecular weight is 320 g/mol. The normalized spacial score (nSPS) is 15.5. The first-order valence-electron chi connectivity index (χ1n) is 6.76. The molecule has 22 heavy (non-hydrogen) atoms. The molecule has 1 fully saturated rings. The van der Waals surface area contributed by atoms with Gasteiger partial charge in [0.25, 0.3) is 0 Å². The van der Waals surface area contributed by atoms with Gasteiger partial charge in [-0.1, -0.05) is 12.1 Å². The fourth-order valence-corrected chi connectivity index (χ4v) is 2.40. The summed E-state index contributed by atoms with van der Waals surface area (Å²) in [7, 11) is 0. The summed E-state index contributed by atoms with van der Waals surface area (Å²) in [6.07, 6.45) is 1.40. The van der Waals surface area contributed by atoms with E-state index >= 15 is 0 Å². The minimum atomic E-state index is -0.283. The van der Waals surface area contributed by atoms with E-state index in [9.17, 15) is 0 Å². The van der Waals surface area contributed by atoms with Crippen LogP contribution in [0.1, 0.15) is 5.56 Å². The van der Waals surface area contributed by atoms with Crippen molar-refractivity contribution in [1.82, 2.24) is 4.98 Å². The highest BCUT2D eigenvalue weighted by Crippen LogP contribution is 2.17. The molecule has 1 aromatic heterocycles. The Morgan fingerprint density at radius 2 is 2.32 bits per heavy atom. The lowest BCUT2D eigenvalue weighted by molar-refractivity contribution is -0.0684. The van der Waals surface area contributed by atoms with Crippen molar-refractivity contribution in [2.45, 2.75) is 6.29 Å². The number of hydrazone groups is 1. The number of benzene rings is 1. The topological polar surface area (TPSA) is 91.0 Å². The van der Waals surface area contributed by atoms with Gasteiger partial charge in [-0.2, -0.15) is 5.10 Å². The molecule has 0 atom stereocenters. The summed E-state index contributed by atoms with van der Waals surface area (Å²) in [5.74, 6) is 1.22. The predicted octanol–water partition coefficient (Wildman–Crippen LogP) is 1.92. The molecule has 1 saturated heterocycles. The maximum Gasteiger partial charge on any atom is 0.205 e. The Labute approximate surface area is 131 Å². The third-order valence-corrected chi connectivity index (χ3v) is 3.60. The molecule has 2 heterocycles. The zero-order valence-corrected chi connectivity index (χ0v) is 12.6. The number of hydrogen-bond acceptors (Lipinski definition) is 8. The Balaban J connectivity index is 1.53. The predicted molar refractivity (Wildman–Crippen MR) is 85.4 cm³/mol. The fraction of sp³-hybridized carbons (Fsp3) is 0.286. The molecule has 0 bridgehead atoms. The van der Waals surface area contributed by atoms with E-state index in [1.807, 2.05) is 24.3 Å². The monoisotopic (exact) mass is 320 g/mol. The summed E-state index contributed by atoms with van der Waals surface area (Å²) in [4.78, 5) is 4.05. The molecule has 1 aliphatic heterocycles. The molecule has 0 unspecified atom stereocenters. The number of rotatable bonds is 6. The van der Waals surface area contributed by atoms with Crippen LogP contribution in [0.15, 0.2) is 34.7 Å². The molecule has 0 amide bonds. The van der Waals surface area contributed by atoms with E-state index in [1.54, 1.807) is 11.6 Å². The van der Waals surface area contributed by atoms with Crippen molar-refractivity contribution in [1.29, 1.82) is 0 Å². The second-order valence-corrected chi connectivity index (χ2v) is 5.36. The first-order chi connectivity index (χ1) is 10.8. The van der Waals surface area contributed by atoms with E-state index in [0.717, 1.165) is 11.3 Å². The van der Waals surface area contributed by atoms with E-state index in [-0.39, 0.29) is 6.29 Å². The van der Waals surface area contributed by atoms with Crippen LogP contribution in [0, 0.1) is 0 Å². The third-order valence-electron chi connectivity index (χ3n) is 2.83. The van der Waals surface area contributed by atoms with Gasteiger partial charge >= 0.3 is 0 Å². The third kappa shape index (κ3) is 4.17. The Morgan fingerprint density at radius 3 is 3.09 bits per heavy atom. The van der Waals surface area contributed by atoms with Gasteiger partial charge in [0, 0.05) is 5.38 Å². The van der Waals surface area contributed by atoms with Crippen LogP contribution in [0.4, 0.5) is 10.9 Å². The van der Waals surface area contributed by atoms with Gasteiger partial charge in [-0.05, 0) is 17.7 Å². The Morgan fingerprint density at radius 1 is 1.45 bits per heavy atom. The Bertz CT molecular complexity index is 641. The van der Waals surface area contributed by atoms with Crippen LogP contribution in [0.5, 0.6) is 5.75 Å². The number of nitrogens with zero attached hydrogens (tertiary/aromatic N) is 2. The lowest BCUT2D eigenvalue weighted by Gasteiger charge is -2.11. The zero-order valence-electron chi connectivity index (χ0n) is 11.8. The van der Waals surface area contributed by atoms with Crippen LogP contribution in [0.3, 0.4) is 0 Å². The highest BCUT2D eigenvalue weighted by atomic mass is 32.1. The molecule has 2 aromatic rings. The minimum Gasteiger partial charge on any atom is -0.488 e. The number of thiazole rings is 1. The van der Waals surface area contributed by atoms with Crippen LogP contribution >= 0.6 is 11.3 Å². The van der Waals surface area contributed by atoms with Crippen LogP contribution in [0.25, 0.3) is 0 Å². The molecule has 7 nitrogen and oxygen atoms in total. The molecular formula is C14H16N4O3S. The average Bonchev–Trinajstić information content (AvgIpc) is 3.17. The van der Waals surface area contributed by atoms with Gasteiger partial charge in [0.05, 0.1) is 19.4 Å². The van der Waals surface area contributed by atoms with Gasteiger partial charge in [0.15, 0.2) is 6.29 Å². The summed E-state index contributed by atoms with van der Waals surface area (Å²) >= 11 is 1.40. The van der Waals surface area contributed by atoms with Crippen molar-refractivity contribution in [2.24, 2.45) is 5.10 Å². The molecule has 116 valence electrons.